The van der Waals surface area contributed by atoms with Crippen LogP contribution in [0.3, 0.4) is 0 Å². The second-order valence-corrected chi connectivity index (χ2v) is 5.66. The predicted molar refractivity (Wildman–Crippen MR) is 83.1 cm³/mol. The quantitative estimate of drug-likeness (QED) is 0.870. The first-order chi connectivity index (χ1) is 10.1. The maximum Gasteiger partial charge on any atom is 0.250 e. The molecule has 1 aliphatic rings. The molecule has 5 nitrogen and oxygen atoms in total. The van der Waals surface area contributed by atoms with Gasteiger partial charge in [-0.05, 0) is 32.0 Å². The number of hydrogen-bond acceptors (Lipinski definition) is 3. The summed E-state index contributed by atoms with van der Waals surface area (Å²) >= 11 is 0. The maximum atomic E-state index is 12.1. The number of para-hydroxylation sites is 1. The molecular formula is C16H23N3O2. The van der Waals surface area contributed by atoms with Crippen molar-refractivity contribution in [2.45, 2.75) is 38.1 Å². The van der Waals surface area contributed by atoms with Crippen LogP contribution in [0.4, 0.5) is 5.69 Å². The van der Waals surface area contributed by atoms with Crippen molar-refractivity contribution in [1.82, 2.24) is 4.90 Å². The Labute approximate surface area is 125 Å². The minimum absolute atomic E-state index is 0.114. The highest BCUT2D eigenvalue weighted by atomic mass is 16.2. The highest BCUT2D eigenvalue weighted by molar-refractivity contribution is 6.03. The van der Waals surface area contributed by atoms with Gasteiger partial charge in [-0.3, -0.25) is 14.5 Å². The van der Waals surface area contributed by atoms with Crippen molar-refractivity contribution < 1.29 is 9.59 Å². The normalized spacial score (nSPS) is 15.9. The van der Waals surface area contributed by atoms with Gasteiger partial charge in [0.15, 0.2) is 0 Å². The largest absolute Gasteiger partial charge is 0.366 e. The molecule has 114 valence electrons. The highest BCUT2D eigenvalue weighted by Crippen LogP contribution is 2.21. The van der Waals surface area contributed by atoms with Crippen LogP contribution in [0.15, 0.2) is 24.3 Å². The third-order valence-electron chi connectivity index (χ3n) is 4.06. The molecule has 0 spiro atoms. The molecule has 0 radical (unpaired) electrons. The standard InChI is InChI=1S/C16H23N3O2/c1-19(12-7-3-2-4-8-12)11-15(20)18-14-10-6-5-9-13(14)16(17)21/h5-6,9-10,12H,2-4,7-8,11H2,1H3,(H2,17,21)(H,18,20). The molecule has 1 aromatic rings. The van der Waals surface area contributed by atoms with E-state index in [-0.39, 0.29) is 5.91 Å². The van der Waals surface area contributed by atoms with Crippen LogP contribution in [0.5, 0.6) is 0 Å². The summed E-state index contributed by atoms with van der Waals surface area (Å²) in [6, 6.07) is 7.29. The van der Waals surface area contributed by atoms with Gasteiger partial charge in [0.1, 0.15) is 0 Å². The van der Waals surface area contributed by atoms with E-state index in [4.69, 9.17) is 5.73 Å². The smallest absolute Gasteiger partial charge is 0.250 e. The van der Waals surface area contributed by atoms with Gasteiger partial charge in [-0.2, -0.15) is 0 Å². The van der Waals surface area contributed by atoms with Crippen LogP contribution in [0.25, 0.3) is 0 Å². The molecule has 0 atom stereocenters. The Bertz CT molecular complexity index is 510. The number of primary amides is 1. The van der Waals surface area contributed by atoms with Crippen molar-refractivity contribution in [2.24, 2.45) is 5.73 Å². The van der Waals surface area contributed by atoms with E-state index in [0.717, 1.165) is 12.8 Å². The molecule has 0 aromatic heterocycles. The predicted octanol–water partition coefficient (Wildman–Crippen LogP) is 1.99. The summed E-state index contributed by atoms with van der Waals surface area (Å²) in [4.78, 5) is 25.6. The van der Waals surface area contributed by atoms with Gasteiger partial charge in [0.25, 0.3) is 5.91 Å². The van der Waals surface area contributed by atoms with Crippen LogP contribution < -0.4 is 11.1 Å². The summed E-state index contributed by atoms with van der Waals surface area (Å²) in [5.41, 5.74) is 6.13. The monoisotopic (exact) mass is 289 g/mol. The average molecular weight is 289 g/mol. The van der Waals surface area contributed by atoms with Crippen LogP contribution in [-0.2, 0) is 4.79 Å². The summed E-state index contributed by atoms with van der Waals surface area (Å²) in [6.07, 6.45) is 6.08. The van der Waals surface area contributed by atoms with Crippen molar-refractivity contribution >= 4 is 17.5 Å². The number of nitrogens with zero attached hydrogens (tertiary/aromatic N) is 1. The van der Waals surface area contributed by atoms with Crippen LogP contribution in [0.2, 0.25) is 0 Å². The van der Waals surface area contributed by atoms with E-state index < -0.39 is 5.91 Å². The first kappa shape index (κ1) is 15.5. The highest BCUT2D eigenvalue weighted by Gasteiger charge is 2.20. The van der Waals surface area contributed by atoms with Gasteiger partial charge in [-0.1, -0.05) is 31.4 Å². The number of benzene rings is 1. The SMILES string of the molecule is CN(CC(=O)Nc1ccccc1C(N)=O)C1CCCCC1. The van der Waals surface area contributed by atoms with Crippen molar-refractivity contribution in [3.63, 3.8) is 0 Å². The molecule has 21 heavy (non-hydrogen) atoms. The van der Waals surface area contributed by atoms with Gasteiger partial charge in [0.05, 0.1) is 17.8 Å². The number of rotatable bonds is 5. The molecule has 2 amide bonds. The fourth-order valence-corrected chi connectivity index (χ4v) is 2.87. The lowest BCUT2D eigenvalue weighted by molar-refractivity contribution is -0.117. The average Bonchev–Trinajstić information content (AvgIpc) is 2.48. The topological polar surface area (TPSA) is 75.4 Å². The Morgan fingerprint density at radius 3 is 2.57 bits per heavy atom. The zero-order valence-corrected chi connectivity index (χ0v) is 12.5. The summed E-state index contributed by atoms with van der Waals surface area (Å²) in [6.45, 7) is 0.331. The first-order valence-electron chi connectivity index (χ1n) is 7.47. The number of anilines is 1. The fourth-order valence-electron chi connectivity index (χ4n) is 2.87. The van der Waals surface area contributed by atoms with Gasteiger partial charge < -0.3 is 11.1 Å². The number of carbonyl (C=O) groups is 2. The number of nitrogens with one attached hydrogen (secondary N) is 1. The number of likely N-dealkylation sites (N-methyl/N-ethyl adjacent to an activating group) is 1. The number of nitrogens with two attached hydrogens (primary N) is 1. The molecule has 5 heteroatoms. The molecule has 1 fully saturated rings. The molecular weight excluding hydrogens is 266 g/mol. The molecule has 3 N–H and O–H groups in total. The lowest BCUT2D eigenvalue weighted by Gasteiger charge is -2.30. The van der Waals surface area contributed by atoms with Crippen LogP contribution in [-0.4, -0.2) is 36.3 Å². The molecule has 1 aromatic carbocycles. The van der Waals surface area contributed by atoms with Crippen LogP contribution >= 0.6 is 0 Å². The van der Waals surface area contributed by atoms with Crippen molar-refractivity contribution in [3.8, 4) is 0 Å². The Morgan fingerprint density at radius 1 is 1.24 bits per heavy atom. The summed E-state index contributed by atoms with van der Waals surface area (Å²) < 4.78 is 0. The van der Waals surface area contributed by atoms with E-state index in [1.54, 1.807) is 24.3 Å². The van der Waals surface area contributed by atoms with E-state index in [1.165, 1.54) is 19.3 Å². The minimum atomic E-state index is -0.536. The van der Waals surface area contributed by atoms with E-state index in [2.05, 4.69) is 10.2 Å². The van der Waals surface area contributed by atoms with Gasteiger partial charge in [-0.25, -0.2) is 0 Å². The zero-order valence-electron chi connectivity index (χ0n) is 12.5. The molecule has 0 heterocycles. The van der Waals surface area contributed by atoms with Gasteiger partial charge in [0, 0.05) is 6.04 Å². The van der Waals surface area contributed by atoms with E-state index in [1.807, 2.05) is 7.05 Å². The van der Waals surface area contributed by atoms with E-state index in [0.29, 0.717) is 23.8 Å². The van der Waals surface area contributed by atoms with Crippen LogP contribution in [0, 0.1) is 0 Å². The van der Waals surface area contributed by atoms with Crippen molar-refractivity contribution in [2.75, 3.05) is 18.9 Å². The van der Waals surface area contributed by atoms with Crippen LogP contribution in [0.1, 0.15) is 42.5 Å². The molecule has 1 saturated carbocycles. The Hall–Kier alpha value is -1.88. The lowest BCUT2D eigenvalue weighted by Crippen LogP contribution is -2.39. The van der Waals surface area contributed by atoms with Gasteiger partial charge >= 0.3 is 0 Å². The Kier molecular flexibility index (Phi) is 5.33. The number of carbonyl (C=O) groups excluding carboxylic acids is 2. The zero-order chi connectivity index (χ0) is 15.2. The van der Waals surface area contributed by atoms with E-state index in [9.17, 15) is 9.59 Å². The number of amides is 2. The first-order valence-corrected chi connectivity index (χ1v) is 7.47. The fraction of sp³-hybridized carbons (Fsp3) is 0.500. The Morgan fingerprint density at radius 2 is 1.90 bits per heavy atom. The molecule has 2 rings (SSSR count). The lowest BCUT2D eigenvalue weighted by atomic mass is 9.94. The molecule has 0 saturated heterocycles. The van der Waals surface area contributed by atoms with Crippen molar-refractivity contribution in [1.29, 1.82) is 0 Å². The molecule has 0 bridgehead atoms. The Balaban J connectivity index is 1.94. The van der Waals surface area contributed by atoms with Gasteiger partial charge in [0.2, 0.25) is 5.91 Å². The summed E-state index contributed by atoms with van der Waals surface area (Å²) in [5, 5.41) is 2.78. The summed E-state index contributed by atoms with van der Waals surface area (Å²) in [7, 11) is 1.98. The molecule has 1 aliphatic carbocycles. The third-order valence-corrected chi connectivity index (χ3v) is 4.06. The second-order valence-electron chi connectivity index (χ2n) is 5.66. The second kappa shape index (κ2) is 7.22. The maximum absolute atomic E-state index is 12.1. The summed E-state index contributed by atoms with van der Waals surface area (Å²) in [5.74, 6) is -0.650. The van der Waals surface area contributed by atoms with Crippen molar-refractivity contribution in [3.05, 3.63) is 29.8 Å². The minimum Gasteiger partial charge on any atom is -0.366 e. The molecule has 0 unspecified atom stereocenters. The third kappa shape index (κ3) is 4.29. The number of hydrogen-bond donors (Lipinski definition) is 2. The van der Waals surface area contributed by atoms with Gasteiger partial charge in [-0.15, -0.1) is 0 Å². The molecule has 0 aliphatic heterocycles. The van der Waals surface area contributed by atoms with E-state index >= 15 is 0 Å².